The van der Waals surface area contributed by atoms with Gasteiger partial charge in [-0.2, -0.15) is 0 Å². The molecule has 3 aromatic rings. The maximum atomic E-state index is 10.6. The second-order valence-electron chi connectivity index (χ2n) is 6.93. The van der Waals surface area contributed by atoms with Crippen LogP contribution in [0.1, 0.15) is 19.3 Å². The number of aromatic nitrogens is 3. The standard InChI is InChI=1S/C20H20Cl2N4O3/c21-15-2-1-14-16(26-9-6-23-12-26)11-17(24-20(14)19(15)22)25-7-3-13(4-8-25)29-10-5-18(27)28/h1-2,6,9,11-13H,3-5,7-8,10H2,(H,27,28). The van der Waals surface area contributed by atoms with Crippen LogP contribution < -0.4 is 4.90 Å². The Morgan fingerprint density at radius 2 is 2.07 bits per heavy atom. The lowest BCUT2D eigenvalue weighted by Gasteiger charge is -2.33. The van der Waals surface area contributed by atoms with Crippen molar-refractivity contribution in [1.82, 2.24) is 14.5 Å². The third-order valence-electron chi connectivity index (χ3n) is 5.06. The first-order chi connectivity index (χ1) is 14.0. The average Bonchev–Trinajstić information content (AvgIpc) is 3.25. The third-order valence-corrected chi connectivity index (χ3v) is 5.85. The average molecular weight is 435 g/mol. The van der Waals surface area contributed by atoms with Gasteiger partial charge in [0.05, 0.1) is 46.7 Å². The SMILES string of the molecule is O=C(O)CCOC1CCN(c2cc(-n3ccnc3)c3ccc(Cl)c(Cl)c3n2)CC1. The molecule has 0 amide bonds. The molecule has 29 heavy (non-hydrogen) atoms. The molecule has 0 radical (unpaired) electrons. The van der Waals surface area contributed by atoms with E-state index in [1.54, 1.807) is 18.6 Å². The Hall–Kier alpha value is -2.35. The molecule has 1 fully saturated rings. The molecule has 4 rings (SSSR count). The van der Waals surface area contributed by atoms with Gasteiger partial charge in [0, 0.05) is 36.9 Å². The van der Waals surface area contributed by atoms with Gasteiger partial charge in [0.2, 0.25) is 0 Å². The normalized spacial score (nSPS) is 15.2. The summed E-state index contributed by atoms with van der Waals surface area (Å²) < 4.78 is 7.62. The van der Waals surface area contributed by atoms with Crippen LogP contribution in [0, 0.1) is 0 Å². The fourth-order valence-electron chi connectivity index (χ4n) is 3.54. The molecule has 1 saturated heterocycles. The summed E-state index contributed by atoms with van der Waals surface area (Å²) in [5.74, 6) is -0.0280. The van der Waals surface area contributed by atoms with E-state index in [9.17, 15) is 4.79 Å². The molecule has 3 heterocycles. The Labute approximate surface area is 177 Å². The topological polar surface area (TPSA) is 80.5 Å². The van der Waals surface area contributed by atoms with Crippen molar-refractivity contribution in [2.24, 2.45) is 0 Å². The molecule has 1 aliphatic heterocycles. The number of ether oxygens (including phenoxy) is 1. The van der Waals surface area contributed by atoms with Crippen molar-refractivity contribution in [3.8, 4) is 5.69 Å². The minimum atomic E-state index is -0.842. The number of hydrogen-bond acceptors (Lipinski definition) is 5. The van der Waals surface area contributed by atoms with Gasteiger partial charge in [0.1, 0.15) is 5.82 Å². The number of carbonyl (C=O) groups is 1. The molecule has 0 aliphatic carbocycles. The number of halogens is 2. The van der Waals surface area contributed by atoms with Crippen molar-refractivity contribution in [2.75, 3.05) is 24.6 Å². The van der Waals surface area contributed by atoms with E-state index in [0.29, 0.717) is 15.6 Å². The highest BCUT2D eigenvalue weighted by Crippen LogP contribution is 2.35. The molecule has 1 aliphatic rings. The van der Waals surface area contributed by atoms with Crippen molar-refractivity contribution in [3.63, 3.8) is 0 Å². The van der Waals surface area contributed by atoms with Gasteiger partial charge in [-0.15, -0.1) is 0 Å². The summed E-state index contributed by atoms with van der Waals surface area (Å²) in [6.45, 7) is 1.77. The number of aliphatic carboxylic acids is 1. The molecule has 1 aromatic carbocycles. The zero-order chi connectivity index (χ0) is 20.4. The number of benzene rings is 1. The molecule has 2 aromatic heterocycles. The number of fused-ring (bicyclic) bond motifs is 1. The quantitative estimate of drug-likeness (QED) is 0.626. The highest BCUT2D eigenvalue weighted by molar-refractivity contribution is 6.45. The first kappa shape index (κ1) is 19.9. The van der Waals surface area contributed by atoms with E-state index in [4.69, 9.17) is 38.0 Å². The number of pyridine rings is 1. The van der Waals surface area contributed by atoms with E-state index >= 15 is 0 Å². The first-order valence-corrected chi connectivity index (χ1v) is 10.1. The lowest BCUT2D eigenvalue weighted by Crippen LogP contribution is -2.37. The fraction of sp³-hybridized carbons (Fsp3) is 0.350. The number of hydrogen-bond donors (Lipinski definition) is 1. The van der Waals surface area contributed by atoms with Crippen LogP contribution >= 0.6 is 23.2 Å². The van der Waals surface area contributed by atoms with E-state index in [2.05, 4.69) is 9.88 Å². The lowest BCUT2D eigenvalue weighted by molar-refractivity contribution is -0.138. The molecular formula is C20H20Cl2N4O3. The van der Waals surface area contributed by atoms with Gasteiger partial charge in [0.15, 0.2) is 0 Å². The summed E-state index contributed by atoms with van der Waals surface area (Å²) in [6.07, 6.45) is 7.06. The zero-order valence-corrected chi connectivity index (χ0v) is 17.1. The molecule has 0 unspecified atom stereocenters. The molecule has 0 bridgehead atoms. The monoisotopic (exact) mass is 434 g/mol. The van der Waals surface area contributed by atoms with E-state index in [0.717, 1.165) is 42.8 Å². The lowest BCUT2D eigenvalue weighted by atomic mass is 10.1. The number of piperidine rings is 1. The highest BCUT2D eigenvalue weighted by Gasteiger charge is 2.23. The second kappa shape index (κ2) is 8.57. The second-order valence-corrected chi connectivity index (χ2v) is 7.71. The van der Waals surface area contributed by atoms with Gasteiger partial charge >= 0.3 is 5.97 Å². The Morgan fingerprint density at radius 1 is 1.28 bits per heavy atom. The predicted octanol–water partition coefficient (Wildman–Crippen LogP) is 4.19. The van der Waals surface area contributed by atoms with Crippen LogP contribution in [-0.4, -0.2) is 51.4 Å². The van der Waals surface area contributed by atoms with Gasteiger partial charge in [-0.05, 0) is 25.0 Å². The maximum absolute atomic E-state index is 10.6. The largest absolute Gasteiger partial charge is 0.481 e. The van der Waals surface area contributed by atoms with Gasteiger partial charge in [-0.1, -0.05) is 23.2 Å². The summed E-state index contributed by atoms with van der Waals surface area (Å²) in [6, 6.07) is 5.71. The van der Waals surface area contributed by atoms with Crippen LogP contribution in [0.2, 0.25) is 10.0 Å². The van der Waals surface area contributed by atoms with Gasteiger partial charge in [-0.3, -0.25) is 4.79 Å². The Balaban J connectivity index is 1.60. The Bertz CT molecular complexity index is 1020. The van der Waals surface area contributed by atoms with E-state index < -0.39 is 5.97 Å². The first-order valence-electron chi connectivity index (χ1n) is 9.38. The van der Waals surface area contributed by atoms with Crippen molar-refractivity contribution < 1.29 is 14.6 Å². The highest BCUT2D eigenvalue weighted by atomic mass is 35.5. The summed E-state index contributed by atoms with van der Waals surface area (Å²) in [7, 11) is 0. The van der Waals surface area contributed by atoms with Gasteiger partial charge < -0.3 is 19.3 Å². The number of nitrogens with zero attached hydrogens (tertiary/aromatic N) is 4. The number of imidazole rings is 1. The van der Waals surface area contributed by atoms with Crippen LogP contribution in [0.3, 0.4) is 0 Å². The van der Waals surface area contributed by atoms with Crippen molar-refractivity contribution >= 4 is 45.9 Å². The summed E-state index contributed by atoms with van der Waals surface area (Å²) in [4.78, 5) is 21.8. The third kappa shape index (κ3) is 4.32. The smallest absolute Gasteiger partial charge is 0.305 e. The van der Waals surface area contributed by atoms with Gasteiger partial charge in [-0.25, -0.2) is 9.97 Å². The van der Waals surface area contributed by atoms with Crippen LogP contribution in [0.4, 0.5) is 5.82 Å². The fourth-order valence-corrected chi connectivity index (χ4v) is 3.90. The van der Waals surface area contributed by atoms with E-state index in [1.807, 2.05) is 22.9 Å². The molecule has 0 spiro atoms. The molecule has 0 atom stereocenters. The molecule has 0 saturated carbocycles. The van der Waals surface area contributed by atoms with Crippen LogP contribution in [0.5, 0.6) is 0 Å². The van der Waals surface area contributed by atoms with E-state index in [1.165, 1.54) is 0 Å². The molecular weight excluding hydrogens is 415 g/mol. The number of rotatable bonds is 6. The predicted molar refractivity (Wildman–Crippen MR) is 112 cm³/mol. The Morgan fingerprint density at radius 3 is 2.76 bits per heavy atom. The molecule has 1 N–H and O–H groups in total. The Kier molecular flexibility index (Phi) is 5.89. The van der Waals surface area contributed by atoms with Crippen molar-refractivity contribution in [2.45, 2.75) is 25.4 Å². The number of carboxylic acids is 1. The van der Waals surface area contributed by atoms with Crippen LogP contribution in [0.25, 0.3) is 16.6 Å². The van der Waals surface area contributed by atoms with E-state index in [-0.39, 0.29) is 19.1 Å². The molecule has 7 nitrogen and oxygen atoms in total. The number of anilines is 1. The van der Waals surface area contributed by atoms with Crippen LogP contribution in [0.15, 0.2) is 36.9 Å². The van der Waals surface area contributed by atoms with Crippen molar-refractivity contribution in [1.29, 1.82) is 0 Å². The van der Waals surface area contributed by atoms with Gasteiger partial charge in [0.25, 0.3) is 0 Å². The summed E-state index contributed by atoms with van der Waals surface area (Å²) in [5.41, 5.74) is 1.58. The minimum Gasteiger partial charge on any atom is -0.481 e. The molecule has 152 valence electrons. The maximum Gasteiger partial charge on any atom is 0.305 e. The number of carboxylic acid groups (broad SMARTS) is 1. The zero-order valence-electron chi connectivity index (χ0n) is 15.6. The minimum absolute atomic E-state index is 0.0277. The summed E-state index contributed by atoms with van der Waals surface area (Å²) in [5, 5.41) is 10.5. The summed E-state index contributed by atoms with van der Waals surface area (Å²) >= 11 is 12.7. The van der Waals surface area contributed by atoms with Crippen LogP contribution in [-0.2, 0) is 9.53 Å². The molecule has 9 heteroatoms. The van der Waals surface area contributed by atoms with Crippen molar-refractivity contribution in [3.05, 3.63) is 47.0 Å².